The van der Waals surface area contributed by atoms with E-state index in [1.54, 1.807) is 6.07 Å². The molecular formula is C25H31F2N3O4S. The van der Waals surface area contributed by atoms with E-state index in [4.69, 9.17) is 0 Å². The van der Waals surface area contributed by atoms with Crippen molar-refractivity contribution in [1.82, 2.24) is 10.2 Å². The van der Waals surface area contributed by atoms with Gasteiger partial charge >= 0.3 is 0 Å². The van der Waals surface area contributed by atoms with E-state index in [-0.39, 0.29) is 23.8 Å². The Morgan fingerprint density at radius 1 is 1.06 bits per heavy atom. The van der Waals surface area contributed by atoms with E-state index >= 15 is 0 Å². The first-order valence-electron chi connectivity index (χ1n) is 11.6. The highest BCUT2D eigenvalue weighted by Crippen LogP contribution is 2.21. The Morgan fingerprint density at radius 3 is 2.37 bits per heavy atom. The van der Waals surface area contributed by atoms with Crippen molar-refractivity contribution in [2.45, 2.75) is 57.7 Å². The number of benzene rings is 2. The van der Waals surface area contributed by atoms with Crippen LogP contribution in [0.25, 0.3) is 0 Å². The maximum atomic E-state index is 14.4. The maximum Gasteiger partial charge on any atom is 0.244 e. The molecule has 1 atom stereocenters. The molecule has 190 valence electrons. The highest BCUT2D eigenvalue weighted by molar-refractivity contribution is 7.92. The molecule has 1 aliphatic carbocycles. The van der Waals surface area contributed by atoms with Crippen molar-refractivity contribution in [3.63, 3.8) is 0 Å². The first-order chi connectivity index (χ1) is 16.6. The third kappa shape index (κ3) is 7.24. The van der Waals surface area contributed by atoms with Crippen LogP contribution in [0.2, 0.25) is 0 Å². The molecule has 0 radical (unpaired) electrons. The number of carbonyl (C=O) groups excluding carboxylic acids is 2. The molecule has 2 aromatic carbocycles. The molecule has 1 fully saturated rings. The van der Waals surface area contributed by atoms with Crippen LogP contribution in [-0.4, -0.2) is 50.0 Å². The topological polar surface area (TPSA) is 86.8 Å². The van der Waals surface area contributed by atoms with Crippen molar-refractivity contribution in [1.29, 1.82) is 0 Å². The second-order valence-electron chi connectivity index (χ2n) is 8.88. The molecular weight excluding hydrogens is 476 g/mol. The van der Waals surface area contributed by atoms with Crippen molar-refractivity contribution >= 4 is 27.5 Å². The molecule has 0 aromatic heterocycles. The minimum absolute atomic E-state index is 0.00363. The summed E-state index contributed by atoms with van der Waals surface area (Å²) in [5.41, 5.74) is 0.167. The predicted molar refractivity (Wildman–Crippen MR) is 130 cm³/mol. The van der Waals surface area contributed by atoms with Crippen LogP contribution < -0.4 is 9.62 Å². The van der Waals surface area contributed by atoms with Crippen molar-refractivity contribution in [2.24, 2.45) is 0 Å². The van der Waals surface area contributed by atoms with Gasteiger partial charge in [0.25, 0.3) is 0 Å². The third-order valence-corrected chi connectivity index (χ3v) is 7.33. The monoisotopic (exact) mass is 507 g/mol. The zero-order chi connectivity index (χ0) is 25.6. The molecule has 3 rings (SSSR count). The number of amides is 2. The number of hydrogen-bond donors (Lipinski definition) is 1. The average molecular weight is 508 g/mol. The van der Waals surface area contributed by atoms with Gasteiger partial charge in [-0.1, -0.05) is 43.5 Å². The Morgan fingerprint density at radius 2 is 1.74 bits per heavy atom. The third-order valence-electron chi connectivity index (χ3n) is 6.19. The van der Waals surface area contributed by atoms with Gasteiger partial charge in [0.2, 0.25) is 21.8 Å². The van der Waals surface area contributed by atoms with Crippen molar-refractivity contribution < 1.29 is 26.8 Å². The van der Waals surface area contributed by atoms with Gasteiger partial charge in [0.15, 0.2) is 0 Å². The first-order valence-corrected chi connectivity index (χ1v) is 13.5. The summed E-state index contributed by atoms with van der Waals surface area (Å²) in [4.78, 5) is 27.6. The normalized spacial score (nSPS) is 15.3. The Labute approximate surface area is 205 Å². The quantitative estimate of drug-likeness (QED) is 0.562. The summed E-state index contributed by atoms with van der Waals surface area (Å²) in [6, 6.07) is 9.78. The fourth-order valence-electron chi connectivity index (χ4n) is 4.21. The van der Waals surface area contributed by atoms with E-state index in [0.29, 0.717) is 0 Å². The largest absolute Gasteiger partial charge is 0.352 e. The number of carbonyl (C=O) groups is 2. The van der Waals surface area contributed by atoms with Crippen LogP contribution in [0, 0.1) is 11.6 Å². The Balaban J connectivity index is 1.88. The van der Waals surface area contributed by atoms with Crippen LogP contribution in [0.4, 0.5) is 14.5 Å². The Bertz CT molecular complexity index is 1150. The lowest BCUT2D eigenvalue weighted by Crippen LogP contribution is -2.53. The molecule has 0 aliphatic heterocycles. The second kappa shape index (κ2) is 11.6. The SMILES string of the molecule is CC(C(=O)NC1CCCCC1)N(Cc1ccccc1F)C(=O)CN(c1cccc(F)c1)S(C)(=O)=O. The molecule has 0 heterocycles. The van der Waals surface area contributed by atoms with Gasteiger partial charge in [-0.15, -0.1) is 0 Å². The van der Waals surface area contributed by atoms with E-state index in [0.717, 1.165) is 59.7 Å². The van der Waals surface area contributed by atoms with Crippen LogP contribution >= 0.6 is 0 Å². The highest BCUT2D eigenvalue weighted by atomic mass is 32.2. The molecule has 1 aliphatic rings. The zero-order valence-corrected chi connectivity index (χ0v) is 20.7. The number of hydrogen-bond acceptors (Lipinski definition) is 4. The van der Waals surface area contributed by atoms with Crippen LogP contribution in [0.3, 0.4) is 0 Å². The van der Waals surface area contributed by atoms with Gasteiger partial charge in [0.05, 0.1) is 11.9 Å². The van der Waals surface area contributed by atoms with Gasteiger partial charge in [-0.05, 0) is 44.0 Å². The van der Waals surface area contributed by atoms with Gasteiger partial charge in [-0.3, -0.25) is 13.9 Å². The molecule has 10 heteroatoms. The Hall–Kier alpha value is -3.01. The lowest BCUT2D eigenvalue weighted by Gasteiger charge is -2.33. The van der Waals surface area contributed by atoms with Gasteiger partial charge in [0.1, 0.15) is 24.2 Å². The van der Waals surface area contributed by atoms with Crippen LogP contribution in [-0.2, 0) is 26.2 Å². The average Bonchev–Trinajstić information content (AvgIpc) is 2.81. The summed E-state index contributed by atoms with van der Waals surface area (Å²) in [5.74, 6) is -2.31. The molecule has 0 bridgehead atoms. The fraction of sp³-hybridized carbons (Fsp3) is 0.440. The standard InChI is InChI=1S/C25H31F2N3O4S/c1-18(25(32)28-21-11-4-3-5-12-21)29(16-19-9-6-7-14-23(19)27)24(31)17-30(35(2,33)34)22-13-8-10-20(26)15-22/h6-10,13-15,18,21H,3-5,11-12,16-17H2,1-2H3,(H,28,32). The minimum atomic E-state index is -3.97. The van der Waals surface area contributed by atoms with E-state index in [9.17, 15) is 26.8 Å². The summed E-state index contributed by atoms with van der Waals surface area (Å²) in [5, 5.41) is 2.97. The maximum absolute atomic E-state index is 14.4. The number of halogens is 2. The molecule has 7 nitrogen and oxygen atoms in total. The summed E-state index contributed by atoms with van der Waals surface area (Å²) < 4.78 is 53.9. The number of sulfonamides is 1. The number of nitrogens with one attached hydrogen (secondary N) is 1. The molecule has 1 saturated carbocycles. The summed E-state index contributed by atoms with van der Waals surface area (Å²) in [7, 11) is -3.97. The minimum Gasteiger partial charge on any atom is -0.352 e. The van der Waals surface area contributed by atoms with E-state index in [2.05, 4.69) is 5.32 Å². The molecule has 0 spiro atoms. The second-order valence-corrected chi connectivity index (χ2v) is 10.8. The van der Waals surface area contributed by atoms with E-state index in [1.807, 2.05) is 0 Å². The first kappa shape index (κ1) is 26.6. The smallest absolute Gasteiger partial charge is 0.244 e. The summed E-state index contributed by atoms with van der Waals surface area (Å²) in [6.07, 6.45) is 5.73. The molecule has 35 heavy (non-hydrogen) atoms. The fourth-order valence-corrected chi connectivity index (χ4v) is 5.05. The summed E-state index contributed by atoms with van der Waals surface area (Å²) in [6.45, 7) is 0.632. The molecule has 0 saturated heterocycles. The number of nitrogens with zero attached hydrogens (tertiary/aromatic N) is 2. The van der Waals surface area contributed by atoms with Gasteiger partial charge < -0.3 is 10.2 Å². The van der Waals surface area contributed by atoms with Crippen molar-refractivity contribution in [3.8, 4) is 0 Å². The van der Waals surface area contributed by atoms with Crippen LogP contribution in [0.15, 0.2) is 48.5 Å². The molecule has 1 unspecified atom stereocenters. The lowest BCUT2D eigenvalue weighted by molar-refractivity contribution is -0.139. The van der Waals surface area contributed by atoms with Gasteiger partial charge in [-0.2, -0.15) is 0 Å². The van der Waals surface area contributed by atoms with Crippen LogP contribution in [0.5, 0.6) is 0 Å². The molecule has 1 N–H and O–H groups in total. The Kier molecular flexibility index (Phi) is 8.82. The van der Waals surface area contributed by atoms with Gasteiger partial charge in [0, 0.05) is 18.2 Å². The highest BCUT2D eigenvalue weighted by Gasteiger charge is 2.31. The zero-order valence-electron chi connectivity index (χ0n) is 19.9. The van der Waals surface area contributed by atoms with Crippen molar-refractivity contribution in [2.75, 3.05) is 17.1 Å². The number of anilines is 1. The van der Waals surface area contributed by atoms with Crippen LogP contribution in [0.1, 0.15) is 44.6 Å². The number of rotatable bonds is 9. The molecule has 2 aromatic rings. The van der Waals surface area contributed by atoms with Gasteiger partial charge in [-0.25, -0.2) is 17.2 Å². The van der Waals surface area contributed by atoms with E-state index in [1.165, 1.54) is 37.3 Å². The lowest BCUT2D eigenvalue weighted by atomic mass is 9.95. The molecule has 2 amide bonds. The summed E-state index contributed by atoms with van der Waals surface area (Å²) >= 11 is 0. The van der Waals surface area contributed by atoms with E-state index < -0.39 is 46.1 Å². The predicted octanol–water partition coefficient (Wildman–Crippen LogP) is 3.60. The van der Waals surface area contributed by atoms with Crippen molar-refractivity contribution in [3.05, 3.63) is 65.7 Å².